The van der Waals surface area contributed by atoms with E-state index in [-0.39, 0.29) is 25.4 Å². The van der Waals surface area contributed by atoms with Gasteiger partial charge in [0.15, 0.2) is 0 Å². The van der Waals surface area contributed by atoms with Crippen LogP contribution in [0, 0.1) is 5.92 Å². The minimum atomic E-state index is -3.36. The van der Waals surface area contributed by atoms with Gasteiger partial charge in [0.2, 0.25) is 15.9 Å². The molecule has 136 valence electrons. The predicted molar refractivity (Wildman–Crippen MR) is 91.3 cm³/mol. The fourth-order valence-corrected chi connectivity index (χ4v) is 4.57. The molecule has 0 spiro atoms. The number of nitrogens with zero attached hydrogens (tertiary/aromatic N) is 2. The van der Waals surface area contributed by atoms with Gasteiger partial charge in [-0.05, 0) is 24.0 Å². The van der Waals surface area contributed by atoms with Crippen LogP contribution in [0.5, 0.6) is 0 Å². The number of amides is 1. The van der Waals surface area contributed by atoms with Gasteiger partial charge in [0.1, 0.15) is 6.04 Å². The molecular formula is C17H22N2O5S. The maximum Gasteiger partial charge on any atom is 0.326 e. The van der Waals surface area contributed by atoms with Gasteiger partial charge in [-0.1, -0.05) is 24.3 Å². The highest BCUT2D eigenvalue weighted by Gasteiger charge is 2.39. The SMILES string of the molecule is CS(=O)(=O)N1CCC[C@H](C(=O)N2Cc3ccccc3C[C@H]2C(=O)O)C1. The van der Waals surface area contributed by atoms with Crippen LogP contribution in [0.4, 0.5) is 0 Å². The highest BCUT2D eigenvalue weighted by Crippen LogP contribution is 2.28. The van der Waals surface area contributed by atoms with E-state index in [1.807, 2.05) is 24.3 Å². The van der Waals surface area contributed by atoms with Crippen LogP contribution in [0.2, 0.25) is 0 Å². The Bertz CT molecular complexity index is 792. The van der Waals surface area contributed by atoms with E-state index in [0.29, 0.717) is 19.4 Å². The van der Waals surface area contributed by atoms with E-state index in [4.69, 9.17) is 0 Å². The molecule has 0 bridgehead atoms. The fourth-order valence-electron chi connectivity index (χ4n) is 3.65. The van der Waals surface area contributed by atoms with Gasteiger partial charge >= 0.3 is 5.97 Å². The highest BCUT2D eigenvalue weighted by molar-refractivity contribution is 7.88. The number of benzene rings is 1. The Morgan fingerprint density at radius 3 is 2.52 bits per heavy atom. The molecule has 1 aromatic carbocycles. The lowest BCUT2D eigenvalue weighted by Gasteiger charge is -2.39. The summed E-state index contributed by atoms with van der Waals surface area (Å²) in [6.45, 7) is 0.789. The average molecular weight is 366 g/mol. The van der Waals surface area contributed by atoms with Crippen LogP contribution >= 0.6 is 0 Å². The highest BCUT2D eigenvalue weighted by atomic mass is 32.2. The van der Waals surface area contributed by atoms with Crippen molar-refractivity contribution in [2.45, 2.75) is 31.8 Å². The van der Waals surface area contributed by atoms with Gasteiger partial charge in [-0.25, -0.2) is 17.5 Å². The molecule has 2 atom stereocenters. The molecule has 0 unspecified atom stereocenters. The molecule has 7 nitrogen and oxygen atoms in total. The second-order valence-corrected chi connectivity index (χ2v) is 8.74. The number of aliphatic carboxylic acids is 1. The van der Waals surface area contributed by atoms with Crippen molar-refractivity contribution in [2.75, 3.05) is 19.3 Å². The van der Waals surface area contributed by atoms with Crippen molar-refractivity contribution in [1.29, 1.82) is 0 Å². The number of fused-ring (bicyclic) bond motifs is 1. The van der Waals surface area contributed by atoms with E-state index in [2.05, 4.69) is 0 Å². The quantitative estimate of drug-likeness (QED) is 0.849. The lowest BCUT2D eigenvalue weighted by molar-refractivity contribution is -0.153. The summed E-state index contributed by atoms with van der Waals surface area (Å²) in [7, 11) is -3.36. The monoisotopic (exact) mass is 366 g/mol. The van der Waals surface area contributed by atoms with E-state index in [1.165, 1.54) is 9.21 Å². The molecule has 1 N–H and O–H groups in total. The molecule has 2 aliphatic heterocycles. The Balaban J connectivity index is 1.83. The minimum absolute atomic E-state index is 0.127. The van der Waals surface area contributed by atoms with E-state index in [0.717, 1.165) is 17.4 Å². The summed E-state index contributed by atoms with van der Waals surface area (Å²) < 4.78 is 24.9. The lowest BCUT2D eigenvalue weighted by atomic mass is 9.91. The van der Waals surface area contributed by atoms with Gasteiger partial charge in [-0.3, -0.25) is 4.79 Å². The number of sulfonamides is 1. The Kier molecular flexibility index (Phi) is 4.83. The van der Waals surface area contributed by atoms with E-state index in [1.54, 1.807) is 0 Å². The van der Waals surface area contributed by atoms with Gasteiger partial charge in [0, 0.05) is 26.1 Å². The molecule has 8 heteroatoms. The largest absolute Gasteiger partial charge is 0.480 e. The third-order valence-corrected chi connectivity index (χ3v) is 6.29. The van der Waals surface area contributed by atoms with Crippen LogP contribution in [0.3, 0.4) is 0 Å². The van der Waals surface area contributed by atoms with E-state index < -0.39 is 28.0 Å². The number of rotatable bonds is 3. The average Bonchev–Trinajstić information content (AvgIpc) is 2.59. The molecule has 2 aliphatic rings. The molecule has 0 aromatic heterocycles. The Morgan fingerprint density at radius 1 is 1.20 bits per heavy atom. The first kappa shape index (κ1) is 17.9. The molecule has 1 fully saturated rings. The number of carbonyl (C=O) groups is 2. The maximum absolute atomic E-state index is 13.0. The first-order valence-corrected chi connectivity index (χ1v) is 10.2. The van der Waals surface area contributed by atoms with Crippen LogP contribution in [0.25, 0.3) is 0 Å². The van der Waals surface area contributed by atoms with Crippen molar-refractivity contribution in [1.82, 2.24) is 9.21 Å². The van der Waals surface area contributed by atoms with Gasteiger partial charge < -0.3 is 10.0 Å². The van der Waals surface area contributed by atoms with Crippen molar-refractivity contribution >= 4 is 21.9 Å². The summed E-state index contributed by atoms with van der Waals surface area (Å²) in [5.41, 5.74) is 1.89. The number of hydrogen-bond donors (Lipinski definition) is 1. The minimum Gasteiger partial charge on any atom is -0.480 e. The zero-order valence-electron chi connectivity index (χ0n) is 14.1. The van der Waals surface area contributed by atoms with E-state index in [9.17, 15) is 23.1 Å². The van der Waals surface area contributed by atoms with Crippen molar-refractivity contribution < 1.29 is 23.1 Å². The molecular weight excluding hydrogens is 344 g/mol. The van der Waals surface area contributed by atoms with Crippen LogP contribution in [0.15, 0.2) is 24.3 Å². The van der Waals surface area contributed by atoms with Crippen molar-refractivity contribution in [3.05, 3.63) is 35.4 Å². The van der Waals surface area contributed by atoms with Gasteiger partial charge in [0.05, 0.1) is 12.2 Å². The van der Waals surface area contributed by atoms with Crippen molar-refractivity contribution in [3.63, 3.8) is 0 Å². The fraction of sp³-hybridized carbons (Fsp3) is 0.529. The third kappa shape index (κ3) is 3.69. The topological polar surface area (TPSA) is 95.0 Å². The van der Waals surface area contributed by atoms with E-state index >= 15 is 0 Å². The molecule has 0 radical (unpaired) electrons. The Morgan fingerprint density at radius 2 is 1.88 bits per heavy atom. The second-order valence-electron chi connectivity index (χ2n) is 6.75. The van der Waals surface area contributed by atoms with Crippen LogP contribution in [-0.2, 0) is 32.6 Å². The van der Waals surface area contributed by atoms with Gasteiger partial charge in [-0.2, -0.15) is 0 Å². The van der Waals surface area contributed by atoms with Crippen molar-refractivity contribution in [2.24, 2.45) is 5.92 Å². The smallest absolute Gasteiger partial charge is 0.326 e. The summed E-state index contributed by atoms with van der Waals surface area (Å²) >= 11 is 0. The predicted octanol–water partition coefficient (Wildman–Crippen LogP) is 0.696. The summed E-state index contributed by atoms with van der Waals surface area (Å²) in [6, 6.07) is 6.61. The molecule has 3 rings (SSSR count). The summed E-state index contributed by atoms with van der Waals surface area (Å²) in [5, 5.41) is 9.56. The molecule has 1 amide bonds. The van der Waals surface area contributed by atoms with Gasteiger partial charge in [-0.15, -0.1) is 0 Å². The third-order valence-electron chi connectivity index (χ3n) is 5.02. The first-order valence-electron chi connectivity index (χ1n) is 8.32. The summed E-state index contributed by atoms with van der Waals surface area (Å²) in [4.78, 5) is 26.1. The van der Waals surface area contributed by atoms with Crippen LogP contribution in [-0.4, -0.2) is 60.0 Å². The molecule has 1 aromatic rings. The molecule has 2 heterocycles. The number of carboxylic acids is 1. The van der Waals surface area contributed by atoms with Gasteiger partial charge in [0.25, 0.3) is 0 Å². The summed E-state index contributed by atoms with van der Waals surface area (Å²) in [5.74, 6) is -1.79. The Labute approximate surface area is 147 Å². The van der Waals surface area contributed by atoms with Crippen molar-refractivity contribution in [3.8, 4) is 0 Å². The number of carbonyl (C=O) groups excluding carboxylic acids is 1. The molecule has 0 saturated carbocycles. The standard InChI is InChI=1S/C17H22N2O5S/c1-25(23,24)18-8-4-7-14(10-18)16(20)19-11-13-6-3-2-5-12(13)9-15(19)17(21)22/h2-3,5-6,14-15H,4,7-11H2,1H3,(H,21,22)/t14-,15-/m0/s1. The first-order chi connectivity index (χ1) is 11.8. The zero-order chi connectivity index (χ0) is 18.2. The number of carboxylic acid groups (broad SMARTS) is 1. The molecule has 0 aliphatic carbocycles. The number of piperidine rings is 1. The molecule has 1 saturated heterocycles. The van der Waals surface area contributed by atoms with Crippen LogP contribution < -0.4 is 0 Å². The second kappa shape index (κ2) is 6.76. The summed E-state index contributed by atoms with van der Waals surface area (Å²) in [6.07, 6.45) is 2.60. The normalized spacial score (nSPS) is 24.6. The van der Waals surface area contributed by atoms with Crippen LogP contribution in [0.1, 0.15) is 24.0 Å². The maximum atomic E-state index is 13.0. The lowest BCUT2D eigenvalue weighted by Crippen LogP contribution is -2.53. The zero-order valence-corrected chi connectivity index (χ0v) is 14.9. The molecule has 25 heavy (non-hydrogen) atoms. The number of hydrogen-bond acceptors (Lipinski definition) is 4. The Hall–Kier alpha value is -1.93.